The summed E-state index contributed by atoms with van der Waals surface area (Å²) in [6.45, 7) is 15.7. The largest absolute Gasteiger partial charge is 0.396 e. The van der Waals surface area contributed by atoms with E-state index in [0.717, 1.165) is 0 Å². The Morgan fingerprint density at radius 2 is 0.518 bits per heavy atom. The lowest BCUT2D eigenvalue weighted by atomic mass is 10.7. The van der Waals surface area contributed by atoms with Crippen LogP contribution in [0, 0.1) is 0 Å². The number of hydrogen-bond acceptors (Lipinski definition) is 27. The minimum Gasteiger partial charge on any atom is -0.382 e. The number of methoxy groups -OCH3 is 8. The van der Waals surface area contributed by atoms with Gasteiger partial charge in [0.05, 0.1) is 211 Å². The normalized spacial score (nSPS) is 13.7. The molecule has 0 N–H and O–H groups in total. The molecule has 0 aromatic heterocycles. The molecule has 35 heteroatoms. The van der Waals surface area contributed by atoms with Crippen molar-refractivity contribution in [2.75, 3.05) is 295 Å². The second-order valence-electron chi connectivity index (χ2n) is 16.1. The van der Waals surface area contributed by atoms with Crippen molar-refractivity contribution in [2.45, 2.75) is 0 Å². The fourth-order valence-electron chi connectivity index (χ4n) is 5.53. The molecule has 0 amide bonds. The van der Waals surface area contributed by atoms with Crippen LogP contribution in [0.5, 0.6) is 0 Å². The Morgan fingerprint density at radius 3 is 0.807 bits per heavy atom. The van der Waals surface area contributed by atoms with Gasteiger partial charge in [-0.3, -0.25) is 0 Å². The van der Waals surface area contributed by atoms with Crippen LogP contribution in [0.25, 0.3) is 0 Å². The van der Waals surface area contributed by atoms with Gasteiger partial charge in [-0.2, -0.15) is 13.6 Å². The fourth-order valence-corrected chi connectivity index (χ4v) is 19.7. The van der Waals surface area contributed by atoms with Gasteiger partial charge < -0.3 is 112 Å². The summed E-state index contributed by atoms with van der Waals surface area (Å²) in [6.07, 6.45) is 3.01. The summed E-state index contributed by atoms with van der Waals surface area (Å²) in [6, 6.07) is 0. The van der Waals surface area contributed by atoms with Crippen molar-refractivity contribution in [2.24, 2.45) is 18.1 Å². The Balaban J connectivity index is 9.53. The van der Waals surface area contributed by atoms with E-state index in [9.17, 15) is 0 Å². The van der Waals surface area contributed by atoms with Gasteiger partial charge in [0.1, 0.15) is 19.9 Å². The lowest BCUT2D eigenvalue weighted by molar-refractivity contribution is 0.0432. The van der Waals surface area contributed by atoms with Gasteiger partial charge in [-0.25, -0.2) is 0 Å². The highest BCUT2D eigenvalue weighted by Crippen LogP contribution is 2.78. The SMILES string of the molecule is C=CCOP(N=P(C)(OCCOCCOC)OCCOCCOC)(=NP(=NP(=N[P+](C)(OCCOCCOC)OCCOCCOC)(OCC=C)OCCOCCOC)(OCCOCCOC)OCCOCCOC)OCCOCCOC. The van der Waals surface area contributed by atoms with E-state index in [1.54, 1.807) is 70.2 Å². The van der Waals surface area contributed by atoms with Gasteiger partial charge in [-0.1, -0.05) is 12.2 Å². The van der Waals surface area contributed by atoms with Crippen LogP contribution in [0.3, 0.4) is 0 Å². The molecule has 2 unspecified atom stereocenters. The molecule has 0 bridgehead atoms. The highest BCUT2D eigenvalue weighted by molar-refractivity contribution is 7.77. The topological polar surface area (TPSA) is 289 Å². The Morgan fingerprint density at radius 1 is 0.289 bits per heavy atom. The highest BCUT2D eigenvalue weighted by atomic mass is 31.3. The first-order chi connectivity index (χ1) is 40.4. The van der Waals surface area contributed by atoms with Crippen molar-refractivity contribution < 1.29 is 121 Å². The number of hydrogen-bond donors (Lipinski definition) is 0. The molecule has 0 spiro atoms. The Bertz CT molecular complexity index is 1680. The average molecular weight is 1310 g/mol. The fraction of sp³-hybridized carbons (Fsp3) is 0.917. The molecule has 0 aliphatic carbocycles. The zero-order chi connectivity index (χ0) is 61.2. The molecule has 30 nitrogen and oxygen atoms in total. The number of ether oxygens (including phenoxy) is 16. The van der Waals surface area contributed by atoms with E-state index >= 15 is 0 Å². The van der Waals surface area contributed by atoms with Crippen LogP contribution < -0.4 is 0 Å². The van der Waals surface area contributed by atoms with Crippen molar-refractivity contribution >= 4 is 38.4 Å². The first-order valence-corrected chi connectivity index (χ1v) is 35.7. The maximum absolute atomic E-state index is 6.91. The van der Waals surface area contributed by atoms with Crippen LogP contribution in [-0.4, -0.2) is 295 Å². The molecule has 0 aliphatic heterocycles. The first kappa shape index (κ1) is 82.8. The molecule has 0 fully saturated rings. The molecule has 0 rings (SSSR count). The van der Waals surface area contributed by atoms with Crippen LogP contribution in [0.2, 0.25) is 0 Å². The van der Waals surface area contributed by atoms with Gasteiger partial charge in [0.15, 0.2) is 0 Å². The summed E-state index contributed by atoms with van der Waals surface area (Å²) in [4.78, 5) is 0. The van der Waals surface area contributed by atoms with Crippen LogP contribution in [0.4, 0.5) is 0 Å². The molecule has 0 aliphatic rings. The summed E-state index contributed by atoms with van der Waals surface area (Å²) in [5.74, 6) is 0. The molecule has 496 valence electrons. The van der Waals surface area contributed by atoms with Gasteiger partial charge in [0.2, 0.25) is 7.51 Å². The lowest BCUT2D eigenvalue weighted by Crippen LogP contribution is -2.13. The second-order valence-corrected chi connectivity index (χ2v) is 27.7. The van der Waals surface area contributed by atoms with E-state index in [1.165, 1.54) is 12.2 Å². The maximum atomic E-state index is 6.91. The van der Waals surface area contributed by atoms with Crippen molar-refractivity contribution in [3.05, 3.63) is 25.3 Å². The van der Waals surface area contributed by atoms with E-state index in [4.69, 9.17) is 139 Å². The lowest BCUT2D eigenvalue weighted by Gasteiger charge is -2.30. The van der Waals surface area contributed by atoms with E-state index in [-0.39, 0.29) is 145 Å². The standard InChI is InChI=1S/C48H104N4O26P5/c1-13-15-73-81(75-45-37-65-29-21-57-7,49-79(11,69-41-33-61-25-17-53-3)70-42-34-62-26-18-54-4)51-83(77-47-39-67-31-23-59-9,78-48-40-68-32-24-60-10)52-82(74-16-14-2,76-46-38-66-30-22-58-8)50-80(12,71-43-35-63-27-19-55-5)72-44-36-64-28-20-56-6/h13-14H,1-2,15-48H2,3-12H3/q+1. The molecule has 83 heavy (non-hydrogen) atoms. The van der Waals surface area contributed by atoms with Crippen LogP contribution >= 0.6 is 38.4 Å². The Labute approximate surface area is 496 Å². The van der Waals surface area contributed by atoms with Gasteiger partial charge in [-0.05, 0) is 4.52 Å². The number of nitrogens with zero attached hydrogens (tertiary/aromatic N) is 4. The zero-order valence-corrected chi connectivity index (χ0v) is 55.7. The summed E-state index contributed by atoms with van der Waals surface area (Å²) in [5, 5.41) is 0. The second kappa shape index (κ2) is 58.2. The van der Waals surface area contributed by atoms with Crippen molar-refractivity contribution in [1.82, 2.24) is 0 Å². The summed E-state index contributed by atoms with van der Waals surface area (Å²) in [7, 11) is -7.66. The third kappa shape index (κ3) is 46.5. The van der Waals surface area contributed by atoms with E-state index in [0.29, 0.717) is 79.3 Å². The minimum atomic E-state index is -4.50. The first-order valence-electron chi connectivity index (χ1n) is 27.0. The van der Waals surface area contributed by atoms with Crippen molar-refractivity contribution in [3.8, 4) is 0 Å². The van der Waals surface area contributed by atoms with E-state index in [2.05, 4.69) is 13.2 Å². The van der Waals surface area contributed by atoms with Gasteiger partial charge >= 0.3 is 30.8 Å². The van der Waals surface area contributed by atoms with Gasteiger partial charge in [-0.15, -0.1) is 22.2 Å². The van der Waals surface area contributed by atoms with Crippen molar-refractivity contribution in [1.29, 1.82) is 0 Å². The Hall–Kier alpha value is -0.210. The van der Waals surface area contributed by atoms with Gasteiger partial charge in [0.25, 0.3) is 0 Å². The molecular weight excluding hydrogens is 1200 g/mol. The molecule has 2 atom stereocenters. The molecule has 0 saturated heterocycles. The predicted octanol–water partition coefficient (Wildman–Crippen LogP) is 7.72. The van der Waals surface area contributed by atoms with E-state index < -0.39 is 38.4 Å². The monoisotopic (exact) mass is 1310 g/mol. The van der Waals surface area contributed by atoms with Crippen LogP contribution in [0.1, 0.15) is 0 Å². The smallest absolute Gasteiger partial charge is 0.382 e. The Kier molecular flexibility index (Phi) is 58.0. The minimum absolute atomic E-state index is 0.00932. The third-order valence-electron chi connectivity index (χ3n) is 9.36. The maximum Gasteiger partial charge on any atom is 0.396 e. The third-order valence-corrected chi connectivity index (χ3v) is 23.1. The molecule has 0 radical (unpaired) electrons. The molecular formula is C48H104N4O26P5+. The average Bonchev–Trinajstić information content (AvgIpc) is 3.58. The summed E-state index contributed by atoms with van der Waals surface area (Å²) < 4.78 is 177. The van der Waals surface area contributed by atoms with Crippen LogP contribution in [0.15, 0.2) is 43.4 Å². The van der Waals surface area contributed by atoms with Gasteiger partial charge in [0, 0.05) is 63.5 Å². The molecule has 0 aromatic rings. The zero-order valence-electron chi connectivity index (χ0n) is 51.2. The molecule has 0 heterocycles. The van der Waals surface area contributed by atoms with Crippen molar-refractivity contribution in [3.63, 3.8) is 0 Å². The summed E-state index contributed by atoms with van der Waals surface area (Å²) in [5.41, 5.74) is 0. The number of rotatable bonds is 66. The highest BCUT2D eigenvalue weighted by Gasteiger charge is 2.46. The van der Waals surface area contributed by atoms with Crippen LogP contribution in [-0.2, 0) is 121 Å². The summed E-state index contributed by atoms with van der Waals surface area (Å²) >= 11 is 0. The van der Waals surface area contributed by atoms with E-state index in [1.807, 2.05) is 0 Å². The molecule has 0 saturated carbocycles. The molecule has 0 aromatic carbocycles. The quantitative estimate of drug-likeness (QED) is 0.0320. The predicted molar refractivity (Wildman–Crippen MR) is 318 cm³/mol.